The minimum Gasteiger partial charge on any atom is -0.396 e. The molecule has 0 aliphatic carbocycles. The second kappa shape index (κ2) is 4.05. The molecule has 0 aliphatic heterocycles. The lowest BCUT2D eigenvalue weighted by Gasteiger charge is -2.02. The molecule has 1 heterocycles. The number of hydrogen-bond acceptors (Lipinski definition) is 2. The Hall–Kier alpha value is -2.43. The normalized spacial score (nSPS) is 11.1. The Balaban J connectivity index is 2.21. The van der Waals surface area contributed by atoms with Gasteiger partial charge in [-0.3, -0.25) is 0 Å². The Morgan fingerprint density at radius 3 is 2.68 bits per heavy atom. The first-order valence-electron chi connectivity index (χ1n) is 5.76. The summed E-state index contributed by atoms with van der Waals surface area (Å²) in [5, 5.41) is 0. The molecule has 0 radical (unpaired) electrons. The van der Waals surface area contributed by atoms with E-state index in [1.807, 2.05) is 25.1 Å². The maximum Gasteiger partial charge on any atom is 0.149 e. The second-order valence-electron chi connectivity index (χ2n) is 4.46. The summed E-state index contributed by atoms with van der Waals surface area (Å²) in [5.74, 6) is -1.12. The number of nitrogens with one attached hydrogen (secondary N) is 1. The molecular weight excluding hydrogens is 248 g/mol. The Morgan fingerprint density at radius 2 is 1.89 bits per heavy atom. The van der Waals surface area contributed by atoms with Crippen LogP contribution >= 0.6 is 0 Å². The first-order chi connectivity index (χ1) is 9.04. The zero-order valence-electron chi connectivity index (χ0n) is 10.2. The standard InChI is InChI=1S/C14H11F2N3/c1-7-2-3-12-13(4-7)19-14(18-12)8-5-11(17)10(16)6-9(8)15/h2-6H,17H2,1H3,(H,18,19). The van der Waals surface area contributed by atoms with Crippen LogP contribution in [0.3, 0.4) is 0 Å². The zero-order valence-corrected chi connectivity index (χ0v) is 10.2. The summed E-state index contributed by atoms with van der Waals surface area (Å²) in [6.45, 7) is 1.95. The molecule has 1 aromatic heterocycles. The summed E-state index contributed by atoms with van der Waals surface area (Å²) in [4.78, 5) is 7.29. The molecule has 19 heavy (non-hydrogen) atoms. The van der Waals surface area contributed by atoms with Crippen LogP contribution in [0.5, 0.6) is 0 Å². The average Bonchev–Trinajstić information content (AvgIpc) is 2.76. The molecule has 96 valence electrons. The number of aromatic amines is 1. The van der Waals surface area contributed by atoms with Gasteiger partial charge in [0.25, 0.3) is 0 Å². The first kappa shape index (κ1) is 11.6. The van der Waals surface area contributed by atoms with Crippen LogP contribution in [0.1, 0.15) is 5.56 Å². The Labute approximate surface area is 108 Å². The second-order valence-corrected chi connectivity index (χ2v) is 4.46. The quantitative estimate of drug-likeness (QED) is 0.658. The van der Waals surface area contributed by atoms with E-state index < -0.39 is 11.6 Å². The van der Waals surface area contributed by atoms with Gasteiger partial charge in [-0.15, -0.1) is 0 Å². The van der Waals surface area contributed by atoms with Gasteiger partial charge in [0.2, 0.25) is 0 Å². The van der Waals surface area contributed by atoms with E-state index in [-0.39, 0.29) is 11.3 Å². The van der Waals surface area contributed by atoms with Crippen molar-refractivity contribution in [3.05, 3.63) is 47.5 Å². The predicted molar refractivity (Wildman–Crippen MR) is 70.6 cm³/mol. The molecule has 0 saturated heterocycles. The van der Waals surface area contributed by atoms with E-state index in [1.165, 1.54) is 6.07 Å². The number of nitrogens with zero attached hydrogens (tertiary/aromatic N) is 1. The van der Waals surface area contributed by atoms with Crippen LogP contribution in [0.25, 0.3) is 22.4 Å². The molecule has 0 fully saturated rings. The number of nitrogen functional groups attached to an aromatic ring is 1. The molecule has 3 aromatic rings. The summed E-state index contributed by atoms with van der Waals surface area (Å²) in [5.41, 5.74) is 8.12. The fourth-order valence-electron chi connectivity index (χ4n) is 2.00. The van der Waals surface area contributed by atoms with Crippen molar-refractivity contribution < 1.29 is 8.78 Å². The number of aromatic nitrogens is 2. The minimum absolute atomic E-state index is 0.104. The third-order valence-electron chi connectivity index (χ3n) is 2.98. The van der Waals surface area contributed by atoms with Crippen LogP contribution in [0, 0.1) is 18.6 Å². The summed E-state index contributed by atoms with van der Waals surface area (Å²) in [6.07, 6.45) is 0. The van der Waals surface area contributed by atoms with Crippen LogP contribution < -0.4 is 5.73 Å². The largest absolute Gasteiger partial charge is 0.396 e. The van der Waals surface area contributed by atoms with Gasteiger partial charge in [-0.1, -0.05) is 6.07 Å². The van der Waals surface area contributed by atoms with Crippen molar-refractivity contribution in [3.8, 4) is 11.4 Å². The molecular formula is C14H11F2N3. The number of benzene rings is 2. The highest BCUT2D eigenvalue weighted by Gasteiger charge is 2.13. The molecule has 5 heteroatoms. The van der Waals surface area contributed by atoms with Gasteiger partial charge in [-0.25, -0.2) is 13.8 Å². The molecule has 0 bridgehead atoms. The first-order valence-corrected chi connectivity index (χ1v) is 5.76. The zero-order chi connectivity index (χ0) is 13.6. The molecule has 3 rings (SSSR count). The van der Waals surface area contributed by atoms with Gasteiger partial charge in [0.1, 0.15) is 17.5 Å². The highest BCUT2D eigenvalue weighted by atomic mass is 19.1. The number of nitrogens with two attached hydrogens (primary N) is 1. The molecule has 0 saturated carbocycles. The van der Waals surface area contributed by atoms with E-state index in [4.69, 9.17) is 5.73 Å². The lowest BCUT2D eigenvalue weighted by Crippen LogP contribution is -1.95. The monoisotopic (exact) mass is 259 g/mol. The fourth-order valence-corrected chi connectivity index (χ4v) is 2.00. The van der Waals surface area contributed by atoms with Crippen molar-refractivity contribution in [1.29, 1.82) is 0 Å². The third kappa shape index (κ3) is 1.93. The van der Waals surface area contributed by atoms with Crippen molar-refractivity contribution in [3.63, 3.8) is 0 Å². The molecule has 3 nitrogen and oxygen atoms in total. The van der Waals surface area contributed by atoms with Crippen molar-refractivity contribution in [2.45, 2.75) is 6.92 Å². The summed E-state index contributed by atoms with van der Waals surface area (Å²) >= 11 is 0. The van der Waals surface area contributed by atoms with Gasteiger partial charge in [0.05, 0.1) is 22.3 Å². The number of aryl methyl sites for hydroxylation is 1. The Bertz CT molecular complexity index is 778. The van der Waals surface area contributed by atoms with Gasteiger partial charge in [-0.2, -0.15) is 0 Å². The smallest absolute Gasteiger partial charge is 0.149 e. The van der Waals surface area contributed by atoms with Gasteiger partial charge in [0.15, 0.2) is 0 Å². The lowest BCUT2D eigenvalue weighted by molar-refractivity contribution is 0.588. The minimum atomic E-state index is -0.770. The molecule has 0 atom stereocenters. The highest BCUT2D eigenvalue weighted by molar-refractivity contribution is 5.80. The van der Waals surface area contributed by atoms with Gasteiger partial charge in [0, 0.05) is 6.07 Å². The number of H-pyrrole nitrogens is 1. The Kier molecular flexibility index (Phi) is 2.48. The summed E-state index contributed by atoms with van der Waals surface area (Å²) in [7, 11) is 0. The molecule has 0 aliphatic rings. The number of hydrogen-bond donors (Lipinski definition) is 2. The molecule has 2 aromatic carbocycles. The van der Waals surface area contributed by atoms with Gasteiger partial charge in [-0.05, 0) is 30.7 Å². The predicted octanol–water partition coefficient (Wildman–Crippen LogP) is 3.40. The summed E-state index contributed by atoms with van der Waals surface area (Å²) < 4.78 is 26.9. The van der Waals surface area contributed by atoms with Crippen LogP contribution in [0.15, 0.2) is 30.3 Å². The van der Waals surface area contributed by atoms with Crippen LogP contribution in [-0.4, -0.2) is 9.97 Å². The molecule has 3 N–H and O–H groups in total. The van der Waals surface area contributed by atoms with Crippen molar-refractivity contribution in [2.24, 2.45) is 0 Å². The van der Waals surface area contributed by atoms with E-state index in [0.29, 0.717) is 5.82 Å². The Morgan fingerprint density at radius 1 is 1.11 bits per heavy atom. The third-order valence-corrected chi connectivity index (χ3v) is 2.98. The van der Waals surface area contributed by atoms with E-state index in [2.05, 4.69) is 9.97 Å². The number of rotatable bonds is 1. The van der Waals surface area contributed by atoms with Gasteiger partial charge < -0.3 is 10.7 Å². The average molecular weight is 259 g/mol. The van der Waals surface area contributed by atoms with Crippen LogP contribution in [0.4, 0.5) is 14.5 Å². The van der Waals surface area contributed by atoms with E-state index in [1.54, 1.807) is 0 Å². The fraction of sp³-hybridized carbons (Fsp3) is 0.0714. The lowest BCUT2D eigenvalue weighted by atomic mass is 10.1. The number of imidazole rings is 1. The van der Waals surface area contributed by atoms with Crippen molar-refractivity contribution >= 4 is 16.7 Å². The SMILES string of the molecule is Cc1ccc2nc(-c3cc(N)c(F)cc3F)[nH]c2c1. The van der Waals surface area contributed by atoms with E-state index in [0.717, 1.165) is 22.7 Å². The van der Waals surface area contributed by atoms with Crippen LogP contribution in [-0.2, 0) is 0 Å². The topological polar surface area (TPSA) is 54.7 Å². The number of anilines is 1. The number of halogens is 2. The van der Waals surface area contributed by atoms with Gasteiger partial charge >= 0.3 is 0 Å². The van der Waals surface area contributed by atoms with Crippen molar-refractivity contribution in [1.82, 2.24) is 9.97 Å². The molecule has 0 unspecified atom stereocenters. The van der Waals surface area contributed by atoms with E-state index in [9.17, 15) is 8.78 Å². The molecule has 0 amide bonds. The number of fused-ring (bicyclic) bond motifs is 1. The van der Waals surface area contributed by atoms with Crippen LogP contribution in [0.2, 0.25) is 0 Å². The maximum atomic E-state index is 13.8. The summed E-state index contributed by atoms with van der Waals surface area (Å²) in [6, 6.07) is 7.69. The van der Waals surface area contributed by atoms with E-state index >= 15 is 0 Å². The van der Waals surface area contributed by atoms with Crippen molar-refractivity contribution in [2.75, 3.05) is 5.73 Å². The molecule has 0 spiro atoms. The maximum absolute atomic E-state index is 13.8. The highest BCUT2D eigenvalue weighted by Crippen LogP contribution is 2.26.